The van der Waals surface area contributed by atoms with Gasteiger partial charge in [0, 0.05) is 17.5 Å². The van der Waals surface area contributed by atoms with E-state index in [1.165, 1.54) is 14.2 Å². The zero-order valence-electron chi connectivity index (χ0n) is 17.4. The third kappa shape index (κ3) is 4.88. The van der Waals surface area contributed by atoms with E-state index in [1.807, 2.05) is 19.9 Å². The summed E-state index contributed by atoms with van der Waals surface area (Å²) in [5.41, 5.74) is 3.04. The number of phenolic OH excluding ortho intramolecular Hbond substituents is 1. The van der Waals surface area contributed by atoms with E-state index in [9.17, 15) is 19.5 Å². The molecule has 1 aliphatic rings. The molecular formula is C21H27NO7. The molecule has 8 nitrogen and oxygen atoms in total. The molecule has 8 heteroatoms. The molecule has 0 radical (unpaired) electrons. The molecule has 0 spiro atoms. The number of rotatable bonds is 8. The first-order chi connectivity index (χ1) is 13.7. The van der Waals surface area contributed by atoms with Crippen molar-refractivity contribution in [2.24, 2.45) is 0 Å². The Morgan fingerprint density at radius 2 is 2.00 bits per heavy atom. The fourth-order valence-corrected chi connectivity index (χ4v) is 3.27. The zero-order valence-corrected chi connectivity index (χ0v) is 17.4. The number of carbonyl (C=O) groups excluding carboxylic acids is 3. The average molecular weight is 405 g/mol. The van der Waals surface area contributed by atoms with Gasteiger partial charge in [-0.05, 0) is 39.2 Å². The highest BCUT2D eigenvalue weighted by atomic mass is 16.5. The number of carbonyl (C=O) groups is 3. The van der Waals surface area contributed by atoms with Crippen molar-refractivity contribution in [2.45, 2.75) is 52.7 Å². The predicted octanol–water partition coefficient (Wildman–Crippen LogP) is 2.33. The van der Waals surface area contributed by atoms with Gasteiger partial charge in [0.05, 0.1) is 14.2 Å². The number of ether oxygens (including phenoxy) is 3. The van der Waals surface area contributed by atoms with Crippen LogP contribution >= 0.6 is 0 Å². The molecule has 0 bridgehead atoms. The topological polar surface area (TPSA) is 111 Å². The van der Waals surface area contributed by atoms with Crippen LogP contribution in [-0.2, 0) is 32.1 Å². The highest BCUT2D eigenvalue weighted by Crippen LogP contribution is 2.42. The summed E-state index contributed by atoms with van der Waals surface area (Å²) in [4.78, 5) is 35.3. The van der Waals surface area contributed by atoms with Crippen molar-refractivity contribution in [3.8, 4) is 11.5 Å². The lowest BCUT2D eigenvalue weighted by atomic mass is 9.94. The van der Waals surface area contributed by atoms with Crippen molar-refractivity contribution < 1.29 is 33.7 Å². The molecule has 1 aromatic carbocycles. The molecule has 0 aliphatic carbocycles. The normalized spacial score (nSPS) is 14.1. The molecule has 29 heavy (non-hydrogen) atoms. The van der Waals surface area contributed by atoms with Crippen molar-refractivity contribution in [1.82, 2.24) is 5.32 Å². The molecule has 1 aliphatic heterocycles. The van der Waals surface area contributed by atoms with Crippen LogP contribution in [-0.4, -0.2) is 43.2 Å². The number of hydrogen-bond donors (Lipinski definition) is 2. The minimum Gasteiger partial charge on any atom is -0.507 e. The number of allylic oxidation sites excluding steroid dienone is 2. The summed E-state index contributed by atoms with van der Waals surface area (Å²) >= 11 is 0. The van der Waals surface area contributed by atoms with E-state index >= 15 is 0 Å². The van der Waals surface area contributed by atoms with Gasteiger partial charge in [0.25, 0.3) is 0 Å². The fraction of sp³-hybridized carbons (Fsp3) is 0.476. The Morgan fingerprint density at radius 3 is 2.62 bits per heavy atom. The number of esters is 2. The van der Waals surface area contributed by atoms with Crippen LogP contribution in [0.1, 0.15) is 53.7 Å². The van der Waals surface area contributed by atoms with Crippen LogP contribution in [0.4, 0.5) is 0 Å². The van der Waals surface area contributed by atoms with Crippen LogP contribution in [0.5, 0.6) is 11.5 Å². The van der Waals surface area contributed by atoms with Crippen molar-refractivity contribution in [3.05, 3.63) is 33.9 Å². The molecule has 0 aromatic heterocycles. The minimum atomic E-state index is -0.702. The van der Waals surface area contributed by atoms with Gasteiger partial charge in [0.2, 0.25) is 5.91 Å². The first-order valence-corrected chi connectivity index (χ1v) is 9.32. The van der Waals surface area contributed by atoms with Gasteiger partial charge in [-0.25, -0.2) is 9.59 Å². The second-order valence-corrected chi connectivity index (χ2v) is 6.98. The summed E-state index contributed by atoms with van der Waals surface area (Å²) in [6.45, 7) is 5.38. The van der Waals surface area contributed by atoms with Crippen molar-refractivity contribution in [2.75, 3.05) is 14.2 Å². The molecule has 0 unspecified atom stereocenters. The molecule has 0 saturated carbocycles. The SMILES string of the molecule is COC(=O)[C@H](C)NC(=O)CC/C(C)=C/Cc1c(O)c2c(c(C)c1OC)COC2=O. The van der Waals surface area contributed by atoms with Crippen LogP contribution in [0, 0.1) is 6.92 Å². The molecule has 1 aromatic rings. The maximum absolute atomic E-state index is 12.0. The summed E-state index contributed by atoms with van der Waals surface area (Å²) < 4.78 is 15.1. The van der Waals surface area contributed by atoms with E-state index in [0.29, 0.717) is 29.7 Å². The number of aromatic hydroxyl groups is 1. The minimum absolute atomic E-state index is 0.123. The molecule has 1 atom stereocenters. The predicted molar refractivity (Wildman–Crippen MR) is 105 cm³/mol. The van der Waals surface area contributed by atoms with E-state index in [-0.39, 0.29) is 30.2 Å². The van der Waals surface area contributed by atoms with Crippen molar-refractivity contribution in [1.29, 1.82) is 0 Å². The van der Waals surface area contributed by atoms with Gasteiger partial charge in [0.15, 0.2) is 0 Å². The van der Waals surface area contributed by atoms with Gasteiger partial charge in [-0.3, -0.25) is 4.79 Å². The molecule has 2 N–H and O–H groups in total. The van der Waals surface area contributed by atoms with Crippen LogP contribution in [0.2, 0.25) is 0 Å². The first kappa shape index (κ1) is 22.3. The Labute approximate surface area is 169 Å². The summed E-state index contributed by atoms with van der Waals surface area (Å²) in [7, 11) is 2.78. The van der Waals surface area contributed by atoms with E-state index in [0.717, 1.165) is 11.1 Å². The Hall–Kier alpha value is -3.03. The van der Waals surface area contributed by atoms with Gasteiger partial charge in [-0.1, -0.05) is 11.6 Å². The largest absolute Gasteiger partial charge is 0.507 e. The van der Waals surface area contributed by atoms with E-state index in [4.69, 9.17) is 9.47 Å². The monoisotopic (exact) mass is 405 g/mol. The Kier molecular flexibility index (Phi) is 7.25. The smallest absolute Gasteiger partial charge is 0.342 e. The lowest BCUT2D eigenvalue weighted by Crippen LogP contribution is -2.39. The van der Waals surface area contributed by atoms with Gasteiger partial charge >= 0.3 is 11.9 Å². The van der Waals surface area contributed by atoms with E-state index < -0.39 is 18.0 Å². The maximum atomic E-state index is 12.0. The molecule has 1 heterocycles. The molecule has 158 valence electrons. The van der Waals surface area contributed by atoms with Crippen LogP contribution in [0.3, 0.4) is 0 Å². The number of nitrogens with one attached hydrogen (secondary N) is 1. The maximum Gasteiger partial charge on any atom is 0.342 e. The number of cyclic esters (lactones) is 1. The van der Waals surface area contributed by atoms with Crippen LogP contribution < -0.4 is 10.1 Å². The number of benzene rings is 1. The van der Waals surface area contributed by atoms with Crippen LogP contribution in [0.25, 0.3) is 0 Å². The lowest BCUT2D eigenvalue weighted by Gasteiger charge is -2.16. The molecule has 0 saturated heterocycles. The van der Waals surface area contributed by atoms with Gasteiger partial charge in [0.1, 0.15) is 29.7 Å². The van der Waals surface area contributed by atoms with E-state index in [2.05, 4.69) is 10.1 Å². The molecule has 2 rings (SSSR count). The highest BCUT2D eigenvalue weighted by molar-refractivity contribution is 5.98. The van der Waals surface area contributed by atoms with Crippen molar-refractivity contribution >= 4 is 17.8 Å². The standard InChI is InChI=1S/C21H27NO7/c1-11(7-9-16(23)22-13(3)20(25)28-5)6-8-14-18(24)17-15(10-29-21(17)26)12(2)19(14)27-4/h6,13,24H,7-10H2,1-5H3,(H,22,23)/b11-6+/t13-/m0/s1. The number of phenols is 1. The molecular weight excluding hydrogens is 378 g/mol. The molecule has 0 fully saturated rings. The van der Waals surface area contributed by atoms with Crippen LogP contribution in [0.15, 0.2) is 11.6 Å². The third-order valence-electron chi connectivity index (χ3n) is 4.98. The zero-order chi connectivity index (χ0) is 21.7. The Bertz CT molecular complexity index is 857. The summed E-state index contributed by atoms with van der Waals surface area (Å²) in [6.07, 6.45) is 2.90. The number of fused-ring (bicyclic) bond motifs is 1. The first-order valence-electron chi connectivity index (χ1n) is 9.32. The average Bonchev–Trinajstić information content (AvgIpc) is 3.09. The fourth-order valence-electron chi connectivity index (χ4n) is 3.27. The van der Waals surface area contributed by atoms with E-state index in [1.54, 1.807) is 6.92 Å². The summed E-state index contributed by atoms with van der Waals surface area (Å²) in [5.74, 6) is -0.903. The summed E-state index contributed by atoms with van der Waals surface area (Å²) in [6, 6.07) is -0.702. The Morgan fingerprint density at radius 1 is 1.31 bits per heavy atom. The highest BCUT2D eigenvalue weighted by Gasteiger charge is 2.31. The quantitative estimate of drug-likeness (QED) is 0.504. The second kappa shape index (κ2) is 9.45. The number of amides is 1. The van der Waals surface area contributed by atoms with Gasteiger partial charge < -0.3 is 24.6 Å². The molecule has 1 amide bonds. The number of methoxy groups -OCH3 is 2. The second-order valence-electron chi connectivity index (χ2n) is 6.98. The van der Waals surface area contributed by atoms with Gasteiger partial charge in [-0.15, -0.1) is 0 Å². The summed E-state index contributed by atoms with van der Waals surface area (Å²) in [5, 5.41) is 13.2. The van der Waals surface area contributed by atoms with Gasteiger partial charge in [-0.2, -0.15) is 0 Å². The lowest BCUT2D eigenvalue weighted by molar-refractivity contribution is -0.144. The third-order valence-corrected chi connectivity index (χ3v) is 4.98. The Balaban J connectivity index is 2.08. The van der Waals surface area contributed by atoms with Crippen molar-refractivity contribution in [3.63, 3.8) is 0 Å². The number of hydrogen-bond acceptors (Lipinski definition) is 7.